The van der Waals surface area contributed by atoms with Crippen molar-refractivity contribution in [1.29, 1.82) is 5.41 Å². The standard InChI is InChI=1S/C23H25N5O.C7H8N2.ClH/c1-17-7-6-8-19(15-17)16-24-27-21-18(2)23(28-11-13-29-14-12-28)26-22(25-21)20-9-4-3-5-10-20;8-7(9)6-4-2-1-3-5-6;/h3-10,15-16H,11-14H2,1-2H3,(H,25,26,27);1-5H,(H3,8,9);1H. The van der Waals surface area contributed by atoms with Crippen LogP contribution in [0.25, 0.3) is 11.4 Å². The van der Waals surface area contributed by atoms with Crippen molar-refractivity contribution < 1.29 is 4.74 Å². The molecule has 0 unspecified atom stereocenters. The third-order valence-corrected chi connectivity index (χ3v) is 5.97. The number of aryl methyl sites for hydroxylation is 1. The first-order valence-corrected chi connectivity index (χ1v) is 12.5. The van der Waals surface area contributed by atoms with Crippen LogP contribution in [0.1, 0.15) is 22.3 Å². The van der Waals surface area contributed by atoms with Gasteiger partial charge in [-0.15, -0.1) is 12.4 Å². The van der Waals surface area contributed by atoms with Gasteiger partial charge < -0.3 is 15.4 Å². The Labute approximate surface area is 235 Å². The maximum Gasteiger partial charge on any atom is 0.163 e. The van der Waals surface area contributed by atoms with Gasteiger partial charge in [-0.2, -0.15) is 5.10 Å². The summed E-state index contributed by atoms with van der Waals surface area (Å²) in [5.41, 5.74) is 13.3. The van der Waals surface area contributed by atoms with Crippen LogP contribution in [0.5, 0.6) is 0 Å². The fraction of sp³-hybridized carbons (Fsp3) is 0.200. The highest BCUT2D eigenvalue weighted by Crippen LogP contribution is 2.28. The zero-order valence-corrected chi connectivity index (χ0v) is 23.0. The number of rotatable bonds is 6. The van der Waals surface area contributed by atoms with Gasteiger partial charge in [0, 0.05) is 29.8 Å². The van der Waals surface area contributed by atoms with Gasteiger partial charge in [0.1, 0.15) is 11.7 Å². The third kappa shape index (κ3) is 8.36. The summed E-state index contributed by atoms with van der Waals surface area (Å²) in [6, 6.07) is 27.5. The first kappa shape index (κ1) is 29.3. The Morgan fingerprint density at radius 3 is 2.23 bits per heavy atom. The summed E-state index contributed by atoms with van der Waals surface area (Å²) in [4.78, 5) is 11.9. The average Bonchev–Trinajstić information content (AvgIpc) is 2.96. The molecule has 1 aromatic heterocycles. The second kappa shape index (κ2) is 14.6. The van der Waals surface area contributed by atoms with E-state index in [0.29, 0.717) is 24.9 Å². The van der Waals surface area contributed by atoms with Crippen LogP contribution in [0.3, 0.4) is 0 Å². The smallest absolute Gasteiger partial charge is 0.163 e. The molecule has 5 rings (SSSR count). The third-order valence-electron chi connectivity index (χ3n) is 5.97. The lowest BCUT2D eigenvalue weighted by molar-refractivity contribution is 0.122. The number of halogens is 1. The molecule has 1 aliphatic rings. The van der Waals surface area contributed by atoms with Crippen molar-refractivity contribution in [2.45, 2.75) is 13.8 Å². The number of hydrazone groups is 1. The summed E-state index contributed by atoms with van der Waals surface area (Å²) in [6.45, 7) is 7.15. The van der Waals surface area contributed by atoms with E-state index in [0.717, 1.165) is 41.2 Å². The van der Waals surface area contributed by atoms with Crippen molar-refractivity contribution in [2.75, 3.05) is 36.6 Å². The molecule has 2 heterocycles. The van der Waals surface area contributed by atoms with Crippen molar-refractivity contribution >= 4 is 36.1 Å². The highest BCUT2D eigenvalue weighted by molar-refractivity contribution is 5.94. The summed E-state index contributed by atoms with van der Waals surface area (Å²) in [5, 5.41) is 11.4. The van der Waals surface area contributed by atoms with Crippen molar-refractivity contribution in [3.8, 4) is 11.4 Å². The molecule has 0 radical (unpaired) electrons. The Morgan fingerprint density at radius 2 is 1.62 bits per heavy atom. The summed E-state index contributed by atoms with van der Waals surface area (Å²) >= 11 is 0. The molecule has 8 nitrogen and oxygen atoms in total. The fourth-order valence-corrected chi connectivity index (χ4v) is 3.95. The molecule has 3 aromatic carbocycles. The molecule has 4 aromatic rings. The number of benzene rings is 3. The predicted molar refractivity (Wildman–Crippen MR) is 162 cm³/mol. The highest BCUT2D eigenvalue weighted by Gasteiger charge is 2.19. The van der Waals surface area contributed by atoms with Crippen LogP contribution in [0.4, 0.5) is 11.6 Å². The number of hydrogen-bond acceptors (Lipinski definition) is 7. The second-order valence-electron chi connectivity index (χ2n) is 8.87. The van der Waals surface area contributed by atoms with Crippen molar-refractivity contribution in [3.63, 3.8) is 0 Å². The molecular weight excluding hydrogens is 510 g/mol. The summed E-state index contributed by atoms with van der Waals surface area (Å²) in [5.74, 6) is 2.45. The number of anilines is 2. The normalized spacial score (nSPS) is 12.7. The summed E-state index contributed by atoms with van der Waals surface area (Å²) in [7, 11) is 0. The van der Waals surface area contributed by atoms with Gasteiger partial charge in [-0.25, -0.2) is 9.97 Å². The van der Waals surface area contributed by atoms with Crippen LogP contribution in [0.15, 0.2) is 90.0 Å². The van der Waals surface area contributed by atoms with E-state index in [-0.39, 0.29) is 18.2 Å². The van der Waals surface area contributed by atoms with Crippen LogP contribution in [-0.4, -0.2) is 48.3 Å². The minimum absolute atomic E-state index is 0. The van der Waals surface area contributed by atoms with Crippen LogP contribution >= 0.6 is 12.4 Å². The minimum atomic E-state index is 0. The van der Waals surface area contributed by atoms with Gasteiger partial charge in [-0.1, -0.05) is 90.5 Å². The number of nitrogens with zero attached hydrogens (tertiary/aromatic N) is 4. The number of aromatic nitrogens is 2. The molecule has 0 bridgehead atoms. The molecule has 39 heavy (non-hydrogen) atoms. The van der Waals surface area contributed by atoms with Gasteiger partial charge in [-0.05, 0) is 19.4 Å². The van der Waals surface area contributed by atoms with E-state index in [2.05, 4.69) is 34.5 Å². The van der Waals surface area contributed by atoms with E-state index in [1.807, 2.05) is 85.9 Å². The summed E-state index contributed by atoms with van der Waals surface area (Å²) in [6.07, 6.45) is 1.81. The van der Waals surface area contributed by atoms with Gasteiger partial charge in [0.05, 0.1) is 19.4 Å². The Balaban J connectivity index is 0.000000359. The van der Waals surface area contributed by atoms with Gasteiger partial charge >= 0.3 is 0 Å². The van der Waals surface area contributed by atoms with E-state index < -0.39 is 0 Å². The number of nitrogen functional groups attached to an aromatic ring is 1. The molecule has 0 spiro atoms. The first-order chi connectivity index (χ1) is 18.5. The molecule has 202 valence electrons. The quantitative estimate of drug-likeness (QED) is 0.170. The molecule has 0 aliphatic carbocycles. The van der Waals surface area contributed by atoms with Crippen LogP contribution < -0.4 is 16.1 Å². The van der Waals surface area contributed by atoms with Crippen LogP contribution in [0, 0.1) is 19.3 Å². The number of amidine groups is 1. The maximum absolute atomic E-state index is 7.01. The van der Waals surface area contributed by atoms with E-state index >= 15 is 0 Å². The Morgan fingerprint density at radius 1 is 0.949 bits per heavy atom. The van der Waals surface area contributed by atoms with Gasteiger partial charge in [0.25, 0.3) is 0 Å². The average molecular weight is 544 g/mol. The second-order valence-corrected chi connectivity index (χ2v) is 8.87. The van der Waals surface area contributed by atoms with Gasteiger partial charge in [-0.3, -0.25) is 10.8 Å². The SMILES string of the molecule is Cc1cccc(C=NNc2nc(-c3ccccc3)nc(N3CCOCC3)c2C)c1.Cl.N=C(N)c1ccccc1. The van der Waals surface area contributed by atoms with Crippen molar-refractivity contribution in [3.05, 3.63) is 107 Å². The maximum atomic E-state index is 7.01. The fourth-order valence-electron chi connectivity index (χ4n) is 3.95. The molecule has 0 saturated carbocycles. The molecular formula is C30H34ClN7O. The van der Waals surface area contributed by atoms with E-state index in [1.54, 1.807) is 0 Å². The molecule has 4 N–H and O–H groups in total. The Kier molecular flexibility index (Phi) is 11.0. The predicted octanol–water partition coefficient (Wildman–Crippen LogP) is 5.44. The zero-order valence-electron chi connectivity index (χ0n) is 22.2. The number of morpholine rings is 1. The Bertz CT molecular complexity index is 1370. The topological polar surface area (TPSA) is 113 Å². The molecule has 9 heteroatoms. The van der Waals surface area contributed by atoms with Crippen molar-refractivity contribution in [2.24, 2.45) is 10.8 Å². The molecule has 0 atom stereocenters. The van der Waals surface area contributed by atoms with E-state index in [9.17, 15) is 0 Å². The molecule has 0 amide bonds. The molecule has 1 fully saturated rings. The first-order valence-electron chi connectivity index (χ1n) is 12.5. The lowest BCUT2D eigenvalue weighted by atomic mass is 10.2. The van der Waals surface area contributed by atoms with Crippen molar-refractivity contribution in [1.82, 2.24) is 9.97 Å². The number of hydrogen-bond donors (Lipinski definition) is 3. The monoisotopic (exact) mass is 543 g/mol. The summed E-state index contributed by atoms with van der Waals surface area (Å²) < 4.78 is 5.51. The van der Waals surface area contributed by atoms with Gasteiger partial charge in [0.15, 0.2) is 11.6 Å². The van der Waals surface area contributed by atoms with E-state index in [4.69, 9.17) is 25.8 Å². The minimum Gasteiger partial charge on any atom is -0.384 e. The Hall–Kier alpha value is -4.27. The van der Waals surface area contributed by atoms with E-state index in [1.165, 1.54) is 5.56 Å². The zero-order chi connectivity index (χ0) is 26.7. The van der Waals surface area contributed by atoms with Crippen LogP contribution in [-0.2, 0) is 4.74 Å². The van der Waals surface area contributed by atoms with Crippen LogP contribution in [0.2, 0.25) is 0 Å². The van der Waals surface area contributed by atoms with Gasteiger partial charge in [0.2, 0.25) is 0 Å². The number of nitrogens with two attached hydrogens (primary N) is 1. The highest BCUT2D eigenvalue weighted by atomic mass is 35.5. The molecule has 1 aliphatic heterocycles. The largest absolute Gasteiger partial charge is 0.384 e. The lowest BCUT2D eigenvalue weighted by Gasteiger charge is -2.29. The lowest BCUT2D eigenvalue weighted by Crippen LogP contribution is -2.37. The molecule has 1 saturated heterocycles. The number of nitrogens with one attached hydrogen (secondary N) is 2. The number of ether oxygens (including phenoxy) is 1.